The van der Waals surface area contributed by atoms with E-state index in [2.05, 4.69) is 10.6 Å². The van der Waals surface area contributed by atoms with Crippen molar-refractivity contribution in [1.29, 1.82) is 0 Å². The number of rotatable bonds is 9. The van der Waals surface area contributed by atoms with Gasteiger partial charge in [0.05, 0.1) is 10.7 Å². The number of aromatic hydroxyl groups is 1. The molecular formula is C30H40ClN3O5. The van der Waals surface area contributed by atoms with E-state index in [1.807, 2.05) is 33.8 Å². The van der Waals surface area contributed by atoms with Crippen LogP contribution in [0.2, 0.25) is 5.02 Å². The zero-order valence-electron chi connectivity index (χ0n) is 23.7. The molecule has 0 radical (unpaired) electrons. The summed E-state index contributed by atoms with van der Waals surface area (Å²) in [7, 11) is 0. The van der Waals surface area contributed by atoms with E-state index in [1.54, 1.807) is 49.9 Å². The molecule has 4 atom stereocenters. The summed E-state index contributed by atoms with van der Waals surface area (Å²) in [5.74, 6) is -0.511. The van der Waals surface area contributed by atoms with Crippen molar-refractivity contribution in [2.24, 2.45) is 11.8 Å². The van der Waals surface area contributed by atoms with E-state index in [4.69, 9.17) is 16.3 Å². The van der Waals surface area contributed by atoms with Crippen molar-refractivity contribution in [3.63, 3.8) is 0 Å². The van der Waals surface area contributed by atoms with Crippen molar-refractivity contribution in [3.8, 4) is 5.75 Å². The summed E-state index contributed by atoms with van der Waals surface area (Å²) in [5, 5.41) is 16.0. The van der Waals surface area contributed by atoms with Crippen molar-refractivity contribution < 1.29 is 24.2 Å². The Bertz CT molecular complexity index is 1170. The van der Waals surface area contributed by atoms with E-state index in [1.165, 1.54) is 12.1 Å². The number of ether oxygens (including phenoxy) is 1. The lowest BCUT2D eigenvalue weighted by Crippen LogP contribution is -2.53. The van der Waals surface area contributed by atoms with E-state index in [-0.39, 0.29) is 29.5 Å². The SMILES string of the molecule is Cc1cccc(Cl)c1NC(=O)C(c1ccc(O)cc1)N(C(=O)C(CC(C)C)NC(=O)OC(C)(C)C)C1CC1C. The van der Waals surface area contributed by atoms with Gasteiger partial charge in [0.2, 0.25) is 5.91 Å². The third-order valence-corrected chi connectivity index (χ3v) is 6.90. The number of carbonyl (C=O) groups excluding carboxylic acids is 3. The Hall–Kier alpha value is -3.26. The van der Waals surface area contributed by atoms with Crippen LogP contribution in [0, 0.1) is 18.8 Å². The lowest BCUT2D eigenvalue weighted by molar-refractivity contribution is -0.142. The fourth-order valence-corrected chi connectivity index (χ4v) is 4.84. The molecule has 3 rings (SSSR count). The predicted octanol–water partition coefficient (Wildman–Crippen LogP) is 6.21. The standard InChI is InChI=1S/C30H40ClN3O5/c1-17(2)15-23(32-29(38)39-30(5,6)7)28(37)34(24-16-19(24)4)26(20-11-13-21(35)14-12-20)27(36)33-25-18(3)9-8-10-22(25)31/h8-14,17,19,23-24,26,35H,15-16H2,1-7H3,(H,32,38)(H,33,36). The predicted molar refractivity (Wildman–Crippen MR) is 153 cm³/mol. The molecule has 3 amide bonds. The maximum Gasteiger partial charge on any atom is 0.408 e. The number of aryl methyl sites for hydroxylation is 1. The van der Waals surface area contributed by atoms with Crippen LogP contribution in [0.4, 0.5) is 10.5 Å². The van der Waals surface area contributed by atoms with Crippen molar-refractivity contribution >= 4 is 35.2 Å². The third kappa shape index (κ3) is 8.12. The Labute approximate surface area is 236 Å². The quantitative estimate of drug-likeness (QED) is 0.340. The number of phenols is 1. The van der Waals surface area contributed by atoms with E-state index < -0.39 is 29.7 Å². The molecule has 8 nitrogen and oxygen atoms in total. The summed E-state index contributed by atoms with van der Waals surface area (Å²) < 4.78 is 5.45. The van der Waals surface area contributed by atoms with Gasteiger partial charge < -0.3 is 25.4 Å². The second-order valence-electron chi connectivity index (χ2n) is 11.8. The zero-order valence-corrected chi connectivity index (χ0v) is 24.5. The van der Waals surface area contributed by atoms with Crippen LogP contribution >= 0.6 is 11.6 Å². The molecule has 1 saturated carbocycles. The molecule has 0 bridgehead atoms. The topological polar surface area (TPSA) is 108 Å². The van der Waals surface area contributed by atoms with Crippen LogP contribution in [0.5, 0.6) is 5.75 Å². The van der Waals surface area contributed by atoms with Gasteiger partial charge in [-0.3, -0.25) is 9.59 Å². The minimum Gasteiger partial charge on any atom is -0.508 e. The summed E-state index contributed by atoms with van der Waals surface area (Å²) in [6, 6.07) is 9.42. The van der Waals surface area contributed by atoms with Gasteiger partial charge in [-0.25, -0.2) is 4.79 Å². The van der Waals surface area contributed by atoms with Crippen LogP contribution in [0.15, 0.2) is 42.5 Å². The molecule has 9 heteroatoms. The molecule has 0 heterocycles. The summed E-state index contributed by atoms with van der Waals surface area (Å²) in [4.78, 5) is 42.6. The second-order valence-corrected chi connectivity index (χ2v) is 12.2. The fraction of sp³-hybridized carbons (Fsp3) is 0.500. The normalized spacial score (nSPS) is 18.2. The van der Waals surface area contributed by atoms with Crippen LogP contribution in [0.1, 0.15) is 71.6 Å². The molecule has 0 saturated heterocycles. The van der Waals surface area contributed by atoms with E-state index in [0.29, 0.717) is 22.7 Å². The molecule has 1 aliphatic carbocycles. The number of nitrogens with one attached hydrogen (secondary N) is 2. The van der Waals surface area contributed by atoms with Crippen LogP contribution in [-0.4, -0.2) is 45.6 Å². The summed E-state index contributed by atoms with van der Waals surface area (Å²) in [6.07, 6.45) is 0.394. The van der Waals surface area contributed by atoms with Gasteiger partial charge in [-0.05, 0) is 81.7 Å². The lowest BCUT2D eigenvalue weighted by Gasteiger charge is -2.35. The highest BCUT2D eigenvalue weighted by atomic mass is 35.5. The molecule has 39 heavy (non-hydrogen) atoms. The van der Waals surface area contributed by atoms with Gasteiger partial charge in [-0.15, -0.1) is 0 Å². The Morgan fingerprint density at radius 3 is 2.26 bits per heavy atom. The number of para-hydroxylation sites is 1. The van der Waals surface area contributed by atoms with Gasteiger partial charge in [0.1, 0.15) is 23.4 Å². The molecule has 0 aliphatic heterocycles. The van der Waals surface area contributed by atoms with Crippen molar-refractivity contribution in [2.45, 2.75) is 85.0 Å². The highest BCUT2D eigenvalue weighted by molar-refractivity contribution is 6.34. The number of carbonyl (C=O) groups is 3. The molecule has 2 aromatic rings. The summed E-state index contributed by atoms with van der Waals surface area (Å²) in [6.45, 7) is 13.1. The average molecular weight is 558 g/mol. The Balaban J connectivity index is 2.04. The molecule has 3 N–H and O–H groups in total. The number of benzene rings is 2. The van der Waals surface area contributed by atoms with E-state index >= 15 is 0 Å². The monoisotopic (exact) mass is 557 g/mol. The van der Waals surface area contributed by atoms with Gasteiger partial charge in [0.15, 0.2) is 0 Å². The number of alkyl carbamates (subject to hydrolysis) is 1. The number of hydrogen-bond acceptors (Lipinski definition) is 5. The highest BCUT2D eigenvalue weighted by Gasteiger charge is 2.48. The first-order valence-electron chi connectivity index (χ1n) is 13.3. The van der Waals surface area contributed by atoms with Crippen molar-refractivity contribution in [1.82, 2.24) is 10.2 Å². The van der Waals surface area contributed by atoms with Crippen LogP contribution in [-0.2, 0) is 14.3 Å². The maximum atomic E-state index is 14.3. The first-order valence-corrected chi connectivity index (χ1v) is 13.7. The second kappa shape index (κ2) is 12.3. The number of anilines is 1. The summed E-state index contributed by atoms with van der Waals surface area (Å²) >= 11 is 6.41. The molecule has 1 fully saturated rings. The van der Waals surface area contributed by atoms with Gasteiger partial charge in [-0.2, -0.15) is 0 Å². The van der Waals surface area contributed by atoms with E-state index in [0.717, 1.165) is 12.0 Å². The minimum atomic E-state index is -1.03. The van der Waals surface area contributed by atoms with Gasteiger partial charge in [-0.1, -0.05) is 56.6 Å². The number of amides is 3. The molecule has 212 valence electrons. The van der Waals surface area contributed by atoms with Gasteiger partial charge in [0.25, 0.3) is 5.91 Å². The smallest absolute Gasteiger partial charge is 0.408 e. The number of halogens is 1. The molecule has 1 aliphatic rings. The largest absolute Gasteiger partial charge is 0.508 e. The van der Waals surface area contributed by atoms with Crippen molar-refractivity contribution in [3.05, 3.63) is 58.6 Å². The fourth-order valence-electron chi connectivity index (χ4n) is 4.57. The number of hydrogen-bond donors (Lipinski definition) is 3. The van der Waals surface area contributed by atoms with Gasteiger partial charge >= 0.3 is 6.09 Å². The highest BCUT2D eigenvalue weighted by Crippen LogP contribution is 2.42. The summed E-state index contributed by atoms with van der Waals surface area (Å²) in [5.41, 5.74) is 1.04. The Kier molecular flexibility index (Phi) is 9.54. The Morgan fingerprint density at radius 1 is 1.13 bits per heavy atom. The maximum absolute atomic E-state index is 14.3. The molecular weight excluding hydrogens is 518 g/mol. The minimum absolute atomic E-state index is 0.0433. The molecule has 4 unspecified atom stereocenters. The Morgan fingerprint density at radius 2 is 1.74 bits per heavy atom. The number of phenolic OH excluding ortho intramolecular Hbond substituents is 1. The first-order chi connectivity index (χ1) is 18.2. The zero-order chi connectivity index (χ0) is 29.1. The lowest BCUT2D eigenvalue weighted by atomic mass is 9.98. The van der Waals surface area contributed by atoms with Crippen LogP contribution < -0.4 is 10.6 Å². The van der Waals surface area contributed by atoms with Crippen LogP contribution in [0.3, 0.4) is 0 Å². The third-order valence-electron chi connectivity index (χ3n) is 6.58. The molecule has 2 aromatic carbocycles. The van der Waals surface area contributed by atoms with Crippen molar-refractivity contribution in [2.75, 3.05) is 5.32 Å². The molecule has 0 aromatic heterocycles. The molecule has 0 spiro atoms. The first kappa shape index (κ1) is 30.3. The average Bonchev–Trinajstić information content (AvgIpc) is 3.54. The van der Waals surface area contributed by atoms with E-state index in [9.17, 15) is 19.5 Å². The van der Waals surface area contributed by atoms with Crippen LogP contribution in [0.25, 0.3) is 0 Å². The van der Waals surface area contributed by atoms with Gasteiger partial charge in [0, 0.05) is 6.04 Å². The number of nitrogens with zero attached hydrogens (tertiary/aromatic N) is 1.